The molecule has 4 aromatic rings. The highest BCUT2D eigenvalue weighted by molar-refractivity contribution is 5.92. The minimum atomic E-state index is -1.60. The summed E-state index contributed by atoms with van der Waals surface area (Å²) < 4.78 is 5.22. The fourth-order valence-electron chi connectivity index (χ4n) is 4.71. The average molecular weight is 638 g/mol. The van der Waals surface area contributed by atoms with Gasteiger partial charge in [0.2, 0.25) is 11.8 Å². The maximum Gasteiger partial charge on any atom is 0.408 e. The van der Waals surface area contributed by atoms with Gasteiger partial charge in [0.1, 0.15) is 18.7 Å². The zero-order chi connectivity index (χ0) is 33.4. The van der Waals surface area contributed by atoms with E-state index in [-0.39, 0.29) is 26.0 Å². The first-order chi connectivity index (χ1) is 22.8. The van der Waals surface area contributed by atoms with Crippen LogP contribution in [-0.4, -0.2) is 58.1 Å². The van der Waals surface area contributed by atoms with Gasteiger partial charge < -0.3 is 31.1 Å². The van der Waals surface area contributed by atoms with E-state index in [9.17, 15) is 24.3 Å². The summed E-state index contributed by atoms with van der Waals surface area (Å²) in [6.07, 6.45) is -0.679. The monoisotopic (exact) mass is 637 g/mol. The van der Waals surface area contributed by atoms with E-state index in [1.54, 1.807) is 36.5 Å². The molecule has 1 aromatic heterocycles. The molecule has 0 aliphatic carbocycles. The van der Waals surface area contributed by atoms with Gasteiger partial charge in [-0.1, -0.05) is 97.1 Å². The summed E-state index contributed by atoms with van der Waals surface area (Å²) >= 11 is 0. The normalized spacial score (nSPS) is 13.2. The SMILES string of the molecule is C[C@H](NC(=O)OCc1ccccc1)C(=O)N[C@@H](Cc1ccccn1)C(=O)NC(Cc1ccccc1)[C@H](O)C(=O)NCc1ccccc1. The number of hydrogen-bond acceptors (Lipinski definition) is 7. The lowest BCUT2D eigenvalue weighted by atomic mass is 9.99. The molecule has 244 valence electrons. The third-order valence-electron chi connectivity index (χ3n) is 7.30. The van der Waals surface area contributed by atoms with E-state index in [1.165, 1.54) is 6.92 Å². The molecule has 1 heterocycles. The highest BCUT2D eigenvalue weighted by Gasteiger charge is 2.32. The van der Waals surface area contributed by atoms with E-state index < -0.39 is 48.0 Å². The van der Waals surface area contributed by atoms with Crippen molar-refractivity contribution < 1.29 is 29.0 Å². The Labute approximate surface area is 273 Å². The fourth-order valence-corrected chi connectivity index (χ4v) is 4.71. The molecule has 0 aliphatic rings. The van der Waals surface area contributed by atoms with Crippen molar-refractivity contribution in [3.63, 3.8) is 0 Å². The maximum absolute atomic E-state index is 13.8. The van der Waals surface area contributed by atoms with Gasteiger partial charge in [0, 0.05) is 24.9 Å². The number of carbonyl (C=O) groups excluding carboxylic acids is 4. The highest BCUT2D eigenvalue weighted by atomic mass is 16.5. The van der Waals surface area contributed by atoms with Crippen molar-refractivity contribution in [3.05, 3.63) is 138 Å². The largest absolute Gasteiger partial charge is 0.445 e. The highest BCUT2D eigenvalue weighted by Crippen LogP contribution is 2.10. The molecule has 11 nitrogen and oxygen atoms in total. The lowest BCUT2D eigenvalue weighted by Gasteiger charge is -2.27. The topological polar surface area (TPSA) is 159 Å². The van der Waals surface area contributed by atoms with Gasteiger partial charge >= 0.3 is 6.09 Å². The van der Waals surface area contributed by atoms with Gasteiger partial charge in [-0.3, -0.25) is 19.4 Å². The average Bonchev–Trinajstić information content (AvgIpc) is 3.10. The molecular weight excluding hydrogens is 598 g/mol. The molecule has 5 N–H and O–H groups in total. The molecule has 4 rings (SSSR count). The van der Waals surface area contributed by atoms with E-state index >= 15 is 0 Å². The van der Waals surface area contributed by atoms with Crippen LogP contribution in [0.15, 0.2) is 115 Å². The zero-order valence-corrected chi connectivity index (χ0v) is 26.0. The zero-order valence-electron chi connectivity index (χ0n) is 26.0. The Morgan fingerprint density at radius 2 is 1.28 bits per heavy atom. The summed E-state index contributed by atoms with van der Waals surface area (Å²) in [6, 6.07) is 29.4. The number of benzene rings is 3. The molecule has 0 spiro atoms. The van der Waals surface area contributed by atoms with Crippen LogP contribution in [0.25, 0.3) is 0 Å². The minimum absolute atomic E-state index is 0.0118. The Hall–Kier alpha value is -5.55. The second-order valence-electron chi connectivity index (χ2n) is 11.0. The van der Waals surface area contributed by atoms with E-state index in [0.29, 0.717) is 5.69 Å². The molecule has 0 radical (unpaired) electrons. The molecule has 47 heavy (non-hydrogen) atoms. The third kappa shape index (κ3) is 11.4. The number of aromatic nitrogens is 1. The summed E-state index contributed by atoms with van der Waals surface area (Å²) in [5.74, 6) is -1.94. The second kappa shape index (κ2) is 17.8. The van der Waals surface area contributed by atoms with Gasteiger partial charge in [-0.15, -0.1) is 0 Å². The van der Waals surface area contributed by atoms with Crippen molar-refractivity contribution >= 4 is 23.8 Å². The fraction of sp³-hybridized carbons (Fsp3) is 0.250. The number of rotatable bonds is 15. The Morgan fingerprint density at radius 1 is 0.681 bits per heavy atom. The number of nitrogens with one attached hydrogen (secondary N) is 4. The number of nitrogens with zero attached hydrogens (tertiary/aromatic N) is 1. The van der Waals surface area contributed by atoms with Gasteiger partial charge in [-0.05, 0) is 42.2 Å². The number of pyridine rings is 1. The summed E-state index contributed by atoms with van der Waals surface area (Å²) in [6.45, 7) is 1.68. The van der Waals surface area contributed by atoms with Crippen molar-refractivity contribution in [2.75, 3.05) is 0 Å². The van der Waals surface area contributed by atoms with Gasteiger partial charge in [0.05, 0.1) is 6.04 Å². The van der Waals surface area contributed by atoms with Crippen molar-refractivity contribution in [1.29, 1.82) is 0 Å². The van der Waals surface area contributed by atoms with E-state index in [1.807, 2.05) is 78.9 Å². The molecule has 4 atom stereocenters. The summed E-state index contributed by atoms with van der Waals surface area (Å²) in [5.41, 5.74) is 2.94. The van der Waals surface area contributed by atoms with Gasteiger partial charge in [0.25, 0.3) is 5.91 Å². The predicted octanol–water partition coefficient (Wildman–Crippen LogP) is 2.83. The van der Waals surface area contributed by atoms with Crippen LogP contribution in [0.4, 0.5) is 4.79 Å². The Morgan fingerprint density at radius 3 is 1.89 bits per heavy atom. The van der Waals surface area contributed by atoms with Crippen LogP contribution in [0.5, 0.6) is 0 Å². The van der Waals surface area contributed by atoms with Gasteiger partial charge in [0.15, 0.2) is 6.10 Å². The summed E-state index contributed by atoms with van der Waals surface area (Å²) in [4.78, 5) is 56.7. The first-order valence-electron chi connectivity index (χ1n) is 15.3. The Bertz CT molecular complexity index is 1580. The van der Waals surface area contributed by atoms with Crippen LogP contribution in [-0.2, 0) is 45.1 Å². The standard InChI is InChI=1S/C36H39N5O6/c1-25(39-36(46)47-24-28-17-9-4-10-18-28)33(43)41-31(22-29-19-11-12-20-37-29)34(44)40-30(21-26-13-5-2-6-14-26)32(42)35(45)38-23-27-15-7-3-8-16-27/h2-20,25,30-32,42H,21-24H2,1H3,(H,38,45)(H,39,46)(H,40,44)(H,41,43)/t25-,30?,31-,32-/m0/s1. The van der Waals surface area contributed by atoms with Crippen molar-refractivity contribution in [2.24, 2.45) is 0 Å². The first kappa shape index (κ1) is 34.3. The molecule has 0 saturated carbocycles. The van der Waals surface area contributed by atoms with Crippen molar-refractivity contribution in [2.45, 2.75) is 57.1 Å². The molecule has 0 bridgehead atoms. The smallest absolute Gasteiger partial charge is 0.408 e. The molecule has 0 fully saturated rings. The minimum Gasteiger partial charge on any atom is -0.445 e. The van der Waals surface area contributed by atoms with Crippen LogP contribution in [0.2, 0.25) is 0 Å². The lowest BCUT2D eigenvalue weighted by Crippen LogP contribution is -2.58. The van der Waals surface area contributed by atoms with Gasteiger partial charge in [-0.25, -0.2) is 4.79 Å². The quantitative estimate of drug-likeness (QED) is 0.134. The number of aliphatic hydroxyl groups excluding tert-OH is 1. The molecule has 11 heteroatoms. The van der Waals surface area contributed by atoms with Crippen LogP contribution in [0.1, 0.15) is 29.3 Å². The number of carbonyl (C=O) groups is 4. The van der Waals surface area contributed by atoms with Crippen molar-refractivity contribution in [1.82, 2.24) is 26.3 Å². The number of alkyl carbamates (subject to hydrolysis) is 1. The summed E-state index contributed by atoms with van der Waals surface area (Å²) in [5, 5.41) is 21.8. The molecule has 1 unspecified atom stereocenters. The number of aliphatic hydroxyl groups is 1. The molecule has 0 saturated heterocycles. The second-order valence-corrected chi connectivity index (χ2v) is 11.0. The van der Waals surface area contributed by atoms with E-state index in [4.69, 9.17) is 4.74 Å². The predicted molar refractivity (Wildman–Crippen MR) is 175 cm³/mol. The van der Waals surface area contributed by atoms with Crippen LogP contribution in [0, 0.1) is 0 Å². The first-order valence-corrected chi connectivity index (χ1v) is 15.3. The van der Waals surface area contributed by atoms with Crippen molar-refractivity contribution in [3.8, 4) is 0 Å². The third-order valence-corrected chi connectivity index (χ3v) is 7.30. The molecular formula is C36H39N5O6. The van der Waals surface area contributed by atoms with E-state index in [0.717, 1.165) is 16.7 Å². The van der Waals surface area contributed by atoms with Crippen LogP contribution >= 0.6 is 0 Å². The number of ether oxygens (including phenoxy) is 1. The maximum atomic E-state index is 13.8. The van der Waals surface area contributed by atoms with Crippen LogP contribution in [0.3, 0.4) is 0 Å². The van der Waals surface area contributed by atoms with Crippen LogP contribution < -0.4 is 21.3 Å². The molecule has 4 amide bonds. The Balaban J connectivity index is 1.45. The Kier molecular flexibility index (Phi) is 13.0. The number of hydrogen-bond donors (Lipinski definition) is 5. The lowest BCUT2D eigenvalue weighted by molar-refractivity contribution is -0.134. The molecule has 3 aromatic carbocycles. The van der Waals surface area contributed by atoms with E-state index in [2.05, 4.69) is 26.3 Å². The number of amides is 4. The molecule has 0 aliphatic heterocycles. The van der Waals surface area contributed by atoms with Gasteiger partial charge in [-0.2, -0.15) is 0 Å². The summed E-state index contributed by atoms with van der Waals surface area (Å²) in [7, 11) is 0.